The van der Waals surface area contributed by atoms with E-state index < -0.39 is 0 Å². The Bertz CT molecular complexity index is 380. The predicted octanol–water partition coefficient (Wildman–Crippen LogP) is 2.58. The maximum Gasteiger partial charge on any atom is 0.332 e. The van der Waals surface area contributed by atoms with Gasteiger partial charge in [-0.15, -0.1) is 0 Å². The van der Waals surface area contributed by atoms with Gasteiger partial charge in [0, 0.05) is 13.2 Å². The Balaban J connectivity index is 1.79. The Morgan fingerprint density at radius 3 is 2.32 bits per heavy atom. The Labute approximate surface area is 132 Å². The molecule has 1 aromatic carbocycles. The van der Waals surface area contributed by atoms with Crippen LogP contribution < -0.4 is 0 Å². The van der Waals surface area contributed by atoms with E-state index in [-0.39, 0.29) is 12.6 Å². The lowest BCUT2D eigenvalue weighted by Crippen LogP contribution is -2.13. The molecule has 1 rings (SSSR count). The van der Waals surface area contributed by atoms with Gasteiger partial charge in [-0.3, -0.25) is 0 Å². The highest BCUT2D eigenvalue weighted by molar-refractivity contribution is 5.70. The van der Waals surface area contributed by atoms with E-state index in [0.29, 0.717) is 39.6 Å². The summed E-state index contributed by atoms with van der Waals surface area (Å²) in [6, 6.07) is 10.1. The van der Waals surface area contributed by atoms with Gasteiger partial charge in [0.05, 0.1) is 26.4 Å². The van der Waals surface area contributed by atoms with Gasteiger partial charge in [-0.05, 0) is 25.3 Å². The second kappa shape index (κ2) is 13.2. The number of carbonyl (C=O) groups excluding carboxylic acids is 1. The van der Waals surface area contributed by atoms with Crippen molar-refractivity contribution in [2.75, 3.05) is 39.6 Å². The van der Waals surface area contributed by atoms with Crippen molar-refractivity contribution in [1.29, 1.82) is 0 Å². The van der Waals surface area contributed by atoms with Gasteiger partial charge in [-0.2, -0.15) is 0 Å². The summed E-state index contributed by atoms with van der Waals surface area (Å²) < 4.78 is 20.9. The molecule has 0 bridgehead atoms. The summed E-state index contributed by atoms with van der Waals surface area (Å²) in [5.41, 5.74) is 1.17. The van der Waals surface area contributed by atoms with Gasteiger partial charge in [0.2, 0.25) is 0 Å². The van der Waals surface area contributed by atoms with E-state index in [4.69, 9.17) is 18.9 Å². The fourth-order valence-electron chi connectivity index (χ4n) is 1.75. The largest absolute Gasteiger partial charge is 0.464 e. The standard InChI is InChI=1S/C17H26O5/c1-2-22-17(18)15-20-11-7-6-10-19-12-13-21-14-16-8-4-3-5-9-16/h3-5,8-9H,2,6-7,10-15H2,1H3. The topological polar surface area (TPSA) is 54.0 Å². The molecule has 0 saturated carbocycles. The van der Waals surface area contributed by atoms with E-state index in [1.807, 2.05) is 30.3 Å². The smallest absolute Gasteiger partial charge is 0.332 e. The molecular formula is C17H26O5. The van der Waals surface area contributed by atoms with E-state index in [2.05, 4.69) is 0 Å². The minimum absolute atomic E-state index is 0.0298. The van der Waals surface area contributed by atoms with Gasteiger partial charge in [0.1, 0.15) is 6.61 Å². The fourth-order valence-corrected chi connectivity index (χ4v) is 1.75. The van der Waals surface area contributed by atoms with Crippen molar-refractivity contribution in [1.82, 2.24) is 0 Å². The predicted molar refractivity (Wildman–Crippen MR) is 83.6 cm³/mol. The third kappa shape index (κ3) is 10.3. The molecule has 124 valence electrons. The van der Waals surface area contributed by atoms with E-state index in [9.17, 15) is 4.79 Å². The first-order valence-electron chi connectivity index (χ1n) is 7.75. The van der Waals surface area contributed by atoms with Crippen LogP contribution in [-0.4, -0.2) is 45.6 Å². The summed E-state index contributed by atoms with van der Waals surface area (Å²) >= 11 is 0. The first kappa shape index (κ1) is 18.6. The lowest BCUT2D eigenvalue weighted by atomic mass is 10.2. The van der Waals surface area contributed by atoms with Crippen LogP contribution in [0.3, 0.4) is 0 Å². The van der Waals surface area contributed by atoms with Crippen molar-refractivity contribution < 1.29 is 23.7 Å². The highest BCUT2D eigenvalue weighted by Crippen LogP contribution is 2.00. The minimum atomic E-state index is -0.311. The van der Waals surface area contributed by atoms with Crippen molar-refractivity contribution in [3.63, 3.8) is 0 Å². The number of benzene rings is 1. The zero-order valence-corrected chi connectivity index (χ0v) is 13.3. The number of ether oxygens (including phenoxy) is 4. The van der Waals surface area contributed by atoms with Crippen LogP contribution in [0.5, 0.6) is 0 Å². The molecule has 0 radical (unpaired) electrons. The van der Waals surface area contributed by atoms with Crippen LogP contribution in [0, 0.1) is 0 Å². The lowest BCUT2D eigenvalue weighted by molar-refractivity contribution is -0.148. The highest BCUT2D eigenvalue weighted by Gasteiger charge is 2.00. The number of rotatable bonds is 13. The maximum atomic E-state index is 11.0. The maximum absolute atomic E-state index is 11.0. The van der Waals surface area contributed by atoms with Gasteiger partial charge in [0.15, 0.2) is 0 Å². The molecule has 1 aromatic rings. The van der Waals surface area contributed by atoms with Gasteiger partial charge in [-0.25, -0.2) is 4.79 Å². The third-order valence-corrected chi connectivity index (χ3v) is 2.84. The summed E-state index contributed by atoms with van der Waals surface area (Å²) in [7, 11) is 0. The van der Waals surface area contributed by atoms with E-state index in [1.165, 1.54) is 5.56 Å². The molecule has 0 fully saturated rings. The van der Waals surface area contributed by atoms with E-state index in [1.54, 1.807) is 6.92 Å². The van der Waals surface area contributed by atoms with Crippen LogP contribution >= 0.6 is 0 Å². The summed E-state index contributed by atoms with van der Waals surface area (Å²) in [5.74, 6) is -0.311. The van der Waals surface area contributed by atoms with Crippen LogP contribution in [0.15, 0.2) is 30.3 Å². The molecule has 0 aromatic heterocycles. The summed E-state index contributed by atoms with van der Waals surface area (Å²) in [4.78, 5) is 11.0. The second-order valence-corrected chi connectivity index (χ2v) is 4.72. The first-order chi connectivity index (χ1) is 10.8. The van der Waals surface area contributed by atoms with Gasteiger partial charge in [0.25, 0.3) is 0 Å². The van der Waals surface area contributed by atoms with Crippen molar-refractivity contribution in [2.45, 2.75) is 26.4 Å². The summed E-state index contributed by atoms with van der Waals surface area (Å²) in [6.07, 6.45) is 1.77. The molecule has 0 unspecified atom stereocenters. The summed E-state index contributed by atoms with van der Waals surface area (Å²) in [6.45, 7) is 5.23. The molecule has 0 atom stereocenters. The number of hydrogen-bond acceptors (Lipinski definition) is 5. The summed E-state index contributed by atoms with van der Waals surface area (Å²) in [5, 5.41) is 0. The van der Waals surface area contributed by atoms with Crippen molar-refractivity contribution in [3.8, 4) is 0 Å². The zero-order valence-electron chi connectivity index (χ0n) is 13.3. The van der Waals surface area contributed by atoms with Gasteiger partial charge < -0.3 is 18.9 Å². The van der Waals surface area contributed by atoms with Crippen LogP contribution in [0.1, 0.15) is 25.3 Å². The van der Waals surface area contributed by atoms with Crippen LogP contribution in [0.25, 0.3) is 0 Å². The zero-order chi connectivity index (χ0) is 15.9. The van der Waals surface area contributed by atoms with Crippen LogP contribution in [0.4, 0.5) is 0 Å². The normalized spacial score (nSPS) is 10.6. The van der Waals surface area contributed by atoms with E-state index >= 15 is 0 Å². The van der Waals surface area contributed by atoms with Crippen molar-refractivity contribution in [3.05, 3.63) is 35.9 Å². The van der Waals surface area contributed by atoms with Crippen LogP contribution in [0.2, 0.25) is 0 Å². The van der Waals surface area contributed by atoms with Gasteiger partial charge in [-0.1, -0.05) is 30.3 Å². The molecule has 0 amide bonds. The molecule has 0 heterocycles. The monoisotopic (exact) mass is 310 g/mol. The average molecular weight is 310 g/mol. The molecule has 22 heavy (non-hydrogen) atoms. The number of esters is 1. The van der Waals surface area contributed by atoms with Crippen molar-refractivity contribution in [2.24, 2.45) is 0 Å². The Morgan fingerprint density at radius 1 is 0.909 bits per heavy atom. The molecule has 0 N–H and O–H groups in total. The van der Waals surface area contributed by atoms with Gasteiger partial charge >= 0.3 is 5.97 Å². The number of hydrogen-bond donors (Lipinski definition) is 0. The molecule has 0 aliphatic heterocycles. The Kier molecular flexibility index (Phi) is 11.2. The molecule has 0 saturated heterocycles. The third-order valence-electron chi connectivity index (χ3n) is 2.84. The van der Waals surface area contributed by atoms with E-state index in [0.717, 1.165) is 12.8 Å². The Hall–Kier alpha value is -1.43. The molecular weight excluding hydrogens is 284 g/mol. The first-order valence-corrected chi connectivity index (χ1v) is 7.75. The quantitative estimate of drug-likeness (QED) is 0.414. The number of carbonyl (C=O) groups is 1. The second-order valence-electron chi connectivity index (χ2n) is 4.72. The molecule has 5 heteroatoms. The molecule has 0 spiro atoms. The number of unbranched alkanes of at least 4 members (excludes halogenated alkanes) is 1. The highest BCUT2D eigenvalue weighted by atomic mass is 16.6. The van der Waals surface area contributed by atoms with Crippen molar-refractivity contribution >= 4 is 5.97 Å². The minimum Gasteiger partial charge on any atom is -0.464 e. The Morgan fingerprint density at radius 2 is 1.59 bits per heavy atom. The molecule has 0 aliphatic carbocycles. The molecule has 5 nitrogen and oxygen atoms in total. The van der Waals surface area contributed by atoms with Crippen LogP contribution in [-0.2, 0) is 30.3 Å². The average Bonchev–Trinajstić information content (AvgIpc) is 2.54. The fraction of sp³-hybridized carbons (Fsp3) is 0.588. The molecule has 0 aliphatic rings. The SMILES string of the molecule is CCOC(=O)COCCCCOCCOCc1ccccc1. The lowest BCUT2D eigenvalue weighted by Gasteiger charge is -2.06.